The molecule has 2 aromatic rings. The van der Waals surface area contributed by atoms with Crippen molar-refractivity contribution >= 4 is 28.2 Å². The molecular weight excluding hydrogens is 340 g/mol. The normalized spacial score (nSPS) is 10.6. The quantitative estimate of drug-likeness (QED) is 0.542. The van der Waals surface area contributed by atoms with E-state index < -0.39 is 5.97 Å². The van der Waals surface area contributed by atoms with Gasteiger partial charge in [0.15, 0.2) is 23.2 Å². The second-order valence-electron chi connectivity index (χ2n) is 5.88. The van der Waals surface area contributed by atoms with Crippen LogP contribution in [0.1, 0.15) is 41.1 Å². The molecule has 1 aromatic carbocycles. The van der Waals surface area contributed by atoms with Crippen molar-refractivity contribution in [3.63, 3.8) is 0 Å². The number of esters is 1. The number of benzene rings is 1. The summed E-state index contributed by atoms with van der Waals surface area (Å²) in [7, 11) is 1.55. The highest BCUT2D eigenvalue weighted by Gasteiger charge is 2.15. The summed E-state index contributed by atoms with van der Waals surface area (Å²) >= 11 is 1.34. The molecule has 0 aliphatic carbocycles. The van der Waals surface area contributed by atoms with Crippen LogP contribution in [-0.2, 0) is 4.74 Å². The Bertz CT molecular complexity index is 710. The van der Waals surface area contributed by atoms with Crippen molar-refractivity contribution in [1.82, 2.24) is 4.98 Å². The van der Waals surface area contributed by atoms with Crippen molar-refractivity contribution in [2.24, 2.45) is 5.92 Å². The van der Waals surface area contributed by atoms with Crippen LogP contribution in [0.2, 0.25) is 0 Å². The molecule has 0 atom stereocenters. The van der Waals surface area contributed by atoms with Crippen LogP contribution in [-0.4, -0.2) is 37.0 Å². The third-order valence-electron chi connectivity index (χ3n) is 3.46. The molecule has 1 heterocycles. The maximum Gasteiger partial charge on any atom is 0.358 e. The van der Waals surface area contributed by atoms with Gasteiger partial charge in [0.1, 0.15) is 5.75 Å². The first-order valence-electron chi connectivity index (χ1n) is 8.03. The first kappa shape index (κ1) is 18.9. The number of carbonyl (C=O) groups is 2. The van der Waals surface area contributed by atoms with Gasteiger partial charge in [0.25, 0.3) is 0 Å². The van der Waals surface area contributed by atoms with E-state index in [0.717, 1.165) is 13.0 Å². The Balaban J connectivity index is 1.83. The number of nitrogens with one attached hydrogen (secondary N) is 1. The largest absolute Gasteiger partial charge is 0.497 e. The molecule has 6 nitrogen and oxygen atoms in total. The van der Waals surface area contributed by atoms with Crippen molar-refractivity contribution in [3.05, 3.63) is 40.9 Å². The van der Waals surface area contributed by atoms with Gasteiger partial charge in [0.05, 0.1) is 7.11 Å². The molecule has 25 heavy (non-hydrogen) atoms. The second kappa shape index (κ2) is 9.17. The number of anilines is 1. The molecule has 0 amide bonds. The van der Waals surface area contributed by atoms with Crippen molar-refractivity contribution in [2.45, 2.75) is 20.3 Å². The predicted molar refractivity (Wildman–Crippen MR) is 97.7 cm³/mol. The molecule has 1 N–H and O–H groups in total. The summed E-state index contributed by atoms with van der Waals surface area (Å²) in [5.74, 6) is 0.380. The first-order valence-corrected chi connectivity index (χ1v) is 8.91. The summed E-state index contributed by atoms with van der Waals surface area (Å²) in [6.07, 6.45) is 1.02. The Morgan fingerprint density at radius 2 is 1.96 bits per heavy atom. The van der Waals surface area contributed by atoms with Crippen molar-refractivity contribution < 1.29 is 19.1 Å². The van der Waals surface area contributed by atoms with E-state index >= 15 is 0 Å². The average molecular weight is 362 g/mol. The van der Waals surface area contributed by atoms with E-state index in [1.54, 1.807) is 36.8 Å². The summed E-state index contributed by atoms with van der Waals surface area (Å²) < 4.78 is 10.1. The Morgan fingerprint density at radius 3 is 2.60 bits per heavy atom. The number of hydrogen-bond donors (Lipinski definition) is 1. The van der Waals surface area contributed by atoms with Gasteiger partial charge in [-0.1, -0.05) is 13.8 Å². The minimum absolute atomic E-state index is 0.208. The lowest BCUT2D eigenvalue weighted by Crippen LogP contribution is -2.14. The van der Waals surface area contributed by atoms with Crippen LogP contribution in [0.4, 0.5) is 5.13 Å². The number of ketones is 1. The van der Waals surface area contributed by atoms with Gasteiger partial charge in [-0.15, -0.1) is 11.3 Å². The van der Waals surface area contributed by atoms with E-state index in [1.807, 2.05) is 0 Å². The molecular formula is C18H22N2O4S. The van der Waals surface area contributed by atoms with E-state index in [2.05, 4.69) is 24.1 Å². The van der Waals surface area contributed by atoms with Crippen LogP contribution in [0.25, 0.3) is 0 Å². The van der Waals surface area contributed by atoms with Crippen LogP contribution in [0.5, 0.6) is 5.75 Å². The van der Waals surface area contributed by atoms with Crippen LogP contribution in [0.15, 0.2) is 29.6 Å². The molecule has 134 valence electrons. The SMILES string of the molecule is COc1ccc(C(=O)COC(=O)c2csc(NCCC(C)C)n2)cc1. The van der Waals surface area contributed by atoms with Crippen LogP contribution in [0.3, 0.4) is 0 Å². The monoisotopic (exact) mass is 362 g/mol. The molecule has 7 heteroatoms. The zero-order chi connectivity index (χ0) is 18.2. The third kappa shape index (κ3) is 5.86. The Kier molecular flexibility index (Phi) is 6.94. The lowest BCUT2D eigenvalue weighted by Gasteiger charge is -2.05. The standard InChI is InChI=1S/C18H22N2O4S/c1-12(2)8-9-19-18-20-15(11-25-18)17(22)24-10-16(21)13-4-6-14(23-3)7-5-13/h4-7,11-12H,8-10H2,1-3H3,(H,19,20). The fraction of sp³-hybridized carbons (Fsp3) is 0.389. The van der Waals surface area contributed by atoms with Crippen LogP contribution < -0.4 is 10.1 Å². The van der Waals surface area contributed by atoms with Gasteiger partial charge in [0.2, 0.25) is 0 Å². The number of methoxy groups -OCH3 is 1. The fourth-order valence-electron chi connectivity index (χ4n) is 1.98. The number of rotatable bonds is 9. The molecule has 0 spiro atoms. The molecule has 0 aliphatic rings. The topological polar surface area (TPSA) is 77.5 Å². The van der Waals surface area contributed by atoms with Crippen molar-refractivity contribution in [2.75, 3.05) is 25.6 Å². The van der Waals surface area contributed by atoms with E-state index in [9.17, 15) is 9.59 Å². The van der Waals surface area contributed by atoms with Gasteiger partial charge in [-0.25, -0.2) is 9.78 Å². The number of nitrogens with zero attached hydrogens (tertiary/aromatic N) is 1. The molecule has 0 bridgehead atoms. The number of ether oxygens (including phenoxy) is 2. The molecule has 0 saturated heterocycles. The van der Waals surface area contributed by atoms with E-state index in [4.69, 9.17) is 9.47 Å². The summed E-state index contributed by atoms with van der Waals surface area (Å²) in [6.45, 7) is 4.77. The van der Waals surface area contributed by atoms with Gasteiger partial charge in [-0.05, 0) is 36.6 Å². The maximum atomic E-state index is 12.0. The molecule has 0 saturated carbocycles. The smallest absolute Gasteiger partial charge is 0.358 e. The number of aromatic nitrogens is 1. The average Bonchev–Trinajstić information content (AvgIpc) is 3.08. The number of hydrogen-bond acceptors (Lipinski definition) is 7. The third-order valence-corrected chi connectivity index (χ3v) is 4.26. The Labute approximate surface area is 151 Å². The van der Waals surface area contributed by atoms with Crippen LogP contribution >= 0.6 is 11.3 Å². The Hall–Kier alpha value is -2.41. The maximum absolute atomic E-state index is 12.0. The summed E-state index contributed by atoms with van der Waals surface area (Å²) in [5.41, 5.74) is 0.669. The molecule has 0 unspecified atom stereocenters. The minimum Gasteiger partial charge on any atom is -0.497 e. The zero-order valence-electron chi connectivity index (χ0n) is 14.6. The van der Waals surface area contributed by atoms with Crippen molar-refractivity contribution in [1.29, 1.82) is 0 Å². The summed E-state index contributed by atoms with van der Waals surface area (Å²) in [4.78, 5) is 28.2. The van der Waals surface area contributed by atoms with E-state index in [1.165, 1.54) is 11.3 Å². The molecule has 1 aromatic heterocycles. The lowest BCUT2D eigenvalue weighted by molar-refractivity contribution is 0.0470. The minimum atomic E-state index is -0.602. The molecule has 0 aliphatic heterocycles. The highest BCUT2D eigenvalue weighted by Crippen LogP contribution is 2.17. The highest BCUT2D eigenvalue weighted by atomic mass is 32.1. The lowest BCUT2D eigenvalue weighted by atomic mass is 10.1. The van der Waals surface area contributed by atoms with Crippen molar-refractivity contribution in [3.8, 4) is 5.75 Å². The molecule has 0 radical (unpaired) electrons. The highest BCUT2D eigenvalue weighted by molar-refractivity contribution is 7.13. The van der Waals surface area contributed by atoms with Gasteiger partial charge >= 0.3 is 5.97 Å². The van der Waals surface area contributed by atoms with E-state index in [-0.39, 0.29) is 18.1 Å². The first-order chi connectivity index (χ1) is 12.0. The molecule has 0 fully saturated rings. The summed E-state index contributed by atoms with van der Waals surface area (Å²) in [5, 5.41) is 5.47. The fourth-order valence-corrected chi connectivity index (χ4v) is 2.69. The summed E-state index contributed by atoms with van der Waals surface area (Å²) in [6, 6.07) is 6.64. The molecule has 2 rings (SSSR count). The zero-order valence-corrected chi connectivity index (χ0v) is 15.4. The number of thiazole rings is 1. The second-order valence-corrected chi connectivity index (χ2v) is 6.73. The number of carbonyl (C=O) groups excluding carboxylic acids is 2. The van der Waals surface area contributed by atoms with Gasteiger partial charge in [-0.3, -0.25) is 4.79 Å². The Morgan fingerprint density at radius 1 is 1.24 bits per heavy atom. The van der Waals surface area contributed by atoms with Gasteiger partial charge < -0.3 is 14.8 Å². The van der Waals surface area contributed by atoms with E-state index in [0.29, 0.717) is 22.4 Å². The number of Topliss-reactive ketones (excluding diaryl/α,β-unsaturated/α-hetero) is 1. The van der Waals surface area contributed by atoms with Crippen LogP contribution in [0, 0.1) is 5.92 Å². The van der Waals surface area contributed by atoms with Gasteiger partial charge in [-0.2, -0.15) is 0 Å². The van der Waals surface area contributed by atoms with Gasteiger partial charge in [0, 0.05) is 17.5 Å². The predicted octanol–water partition coefficient (Wildman–Crippen LogP) is 3.65.